The van der Waals surface area contributed by atoms with Crippen LogP contribution in [0.1, 0.15) is 0 Å². The van der Waals surface area contributed by atoms with E-state index in [0.717, 1.165) is 0 Å². The maximum Gasteiger partial charge on any atom is 0 e. The van der Waals surface area contributed by atoms with Crippen LogP contribution in [-0.4, -0.2) is 0 Å². The van der Waals surface area contributed by atoms with Crippen molar-refractivity contribution in [2.75, 3.05) is 0 Å². The molecule has 0 heterocycles. The summed E-state index contributed by atoms with van der Waals surface area (Å²) >= 11 is 0. The Hall–Kier alpha value is -19.1. The van der Waals surface area contributed by atoms with Crippen molar-refractivity contribution in [3.63, 3.8) is 0 Å². The molecule has 0 aromatic heterocycles. The average molecular weight is 1050 g/mol. The van der Waals surface area contributed by atoms with Crippen LogP contribution in [0.15, 0.2) is 0 Å². The van der Waals surface area contributed by atoms with Crippen LogP contribution >= 0.6 is 0 Å². The maximum atomic E-state index is 4.95. The highest BCUT2D eigenvalue weighted by Crippen LogP contribution is 1.66. The predicted octanol–water partition coefficient (Wildman–Crippen LogP) is 0.596. The van der Waals surface area contributed by atoms with E-state index in [-0.39, 0.29) is 0 Å². The molecule has 0 fully saturated rings. The molecule has 87 heavy (non-hydrogen) atoms. The molecule has 0 heteroatoms. The van der Waals surface area contributed by atoms with Crippen LogP contribution in [0.3, 0.4) is 0 Å². The predicted molar refractivity (Wildman–Crippen MR) is 341 cm³/mol. The molecule has 0 aromatic rings. The van der Waals surface area contributed by atoms with Crippen molar-refractivity contribution in [3.05, 3.63) is 6.92 Å². The second-order valence-electron chi connectivity index (χ2n) is 10.7. The van der Waals surface area contributed by atoms with Crippen LogP contribution in [-0.2, 0) is 0 Å². The summed E-state index contributed by atoms with van der Waals surface area (Å²) in [7, 11) is 0. The Morgan fingerprint density at radius 1 is 0.0920 bits per heavy atom. The van der Waals surface area contributed by atoms with Crippen LogP contribution in [0, 0.1) is 517 Å². The third-order valence-electron chi connectivity index (χ3n) is 5.29. The van der Waals surface area contributed by atoms with Gasteiger partial charge in [0.15, 0.2) is 0 Å². The fourth-order valence-corrected chi connectivity index (χ4v) is 2.61. The first-order chi connectivity index (χ1) is 43.4. The van der Waals surface area contributed by atoms with Gasteiger partial charge in [-0.1, -0.05) is 0 Å². The van der Waals surface area contributed by atoms with E-state index in [0.29, 0.717) is 0 Å². The van der Waals surface area contributed by atoms with Gasteiger partial charge in [-0.25, -0.2) is 5.92 Å². The molecule has 0 bridgehead atoms. The highest BCUT2D eigenvalue weighted by atomic mass is 13.7. The van der Waals surface area contributed by atoms with Gasteiger partial charge in [0, 0.05) is 391 Å². The average Bonchev–Trinajstić information content (AvgIpc) is 3.53. The summed E-state index contributed by atoms with van der Waals surface area (Å²) in [5.41, 5.74) is 0. The minimum atomic E-state index is 2.12. The number of terminal acetylenes is 1. The SMILES string of the molecule is C#CC#CC#CC#CC#CC#CC#CC#CC#CC#CC#CC#CC#CC#CC#CC#CC#CC#CC#CC#CC#CC#CC#CC#CC#CC#CC#CC#CC#CC#CC#CC#CC#CC#CC#CC#CC#CC#CC#CC#CC#CC#CC#C[CH2-]. The Bertz CT molecular complexity index is 5980. The summed E-state index contributed by atoms with van der Waals surface area (Å²) in [6.07, 6.45) is 4.95. The largest absolute Gasteiger partial charge is 0.284 e. The van der Waals surface area contributed by atoms with E-state index in [1.807, 2.05) is 0 Å². The molecule has 0 unspecified atom stereocenters. The molecule has 0 atom stereocenters. The van der Waals surface area contributed by atoms with Gasteiger partial charge in [-0.05, 0) is 94.7 Å². The molecule has 0 nitrogen and oxygen atoms in total. The first-order valence-corrected chi connectivity index (χ1v) is 21.6. The molecule has 0 radical (unpaired) electrons. The first kappa shape index (κ1) is 67.9. The molecule has 0 aliphatic heterocycles. The summed E-state index contributed by atoms with van der Waals surface area (Å²) in [5, 5.41) is 0. The van der Waals surface area contributed by atoms with Crippen LogP contribution in [0.2, 0.25) is 0 Å². The van der Waals surface area contributed by atoms with Crippen LogP contribution < -0.4 is 0 Å². The highest BCUT2D eigenvalue weighted by molar-refractivity contribution is 5.54. The minimum Gasteiger partial charge on any atom is -0.284 e. The first-order valence-electron chi connectivity index (χ1n) is 21.6. The zero-order valence-electron chi connectivity index (χ0n) is 43.8. The maximum absolute atomic E-state index is 4.95. The van der Waals surface area contributed by atoms with E-state index >= 15 is 0 Å². The summed E-state index contributed by atoms with van der Waals surface area (Å²) in [6.45, 7) is 3.32. The van der Waals surface area contributed by atoms with Gasteiger partial charge >= 0.3 is 0 Å². The second-order valence-corrected chi connectivity index (χ2v) is 10.7. The number of hydrogen-bond donors (Lipinski definition) is 0. The van der Waals surface area contributed by atoms with Gasteiger partial charge in [0.05, 0.1) is 0 Å². The molecule has 352 valence electrons. The lowest BCUT2D eigenvalue weighted by Gasteiger charge is -1.64. The monoisotopic (exact) mass is 1050 g/mol. The zero-order chi connectivity index (χ0) is 62.1. The van der Waals surface area contributed by atoms with Gasteiger partial charge in [-0.15, -0.1) is 12.3 Å². The molecule has 0 amide bonds. The molecule has 0 aromatic carbocycles. The van der Waals surface area contributed by atoms with Gasteiger partial charge < -0.3 is 0 Å². The van der Waals surface area contributed by atoms with Crippen molar-refractivity contribution in [1.82, 2.24) is 0 Å². The van der Waals surface area contributed by atoms with Gasteiger partial charge in [0.2, 0.25) is 0 Å². The third-order valence-corrected chi connectivity index (χ3v) is 5.29. The quantitative estimate of drug-likeness (QED) is 0.247. The topological polar surface area (TPSA) is 0 Å². The van der Waals surface area contributed by atoms with E-state index in [1.165, 1.54) is 0 Å². The fraction of sp³-hybridized carbons (Fsp3) is 0. The molecule has 0 saturated heterocycles. The summed E-state index contributed by atoms with van der Waals surface area (Å²) in [5.74, 6) is 211. The smallest absolute Gasteiger partial charge is 0 e. The molecular weight excluding hydrogens is 1040 g/mol. The Kier molecular flexibility index (Phi) is 52.3. The Morgan fingerprint density at radius 3 is 0.207 bits per heavy atom. The number of rotatable bonds is 0. The van der Waals surface area contributed by atoms with Crippen molar-refractivity contribution >= 4 is 0 Å². The van der Waals surface area contributed by atoms with E-state index in [1.54, 1.807) is 0 Å². The van der Waals surface area contributed by atoms with Gasteiger partial charge in [-0.3, -0.25) is 5.92 Å². The fourth-order valence-electron chi connectivity index (χ4n) is 2.61. The normalized spacial score (nSPS) is 3.94. The molecule has 0 N–H and O–H groups in total. The van der Waals surface area contributed by atoms with Crippen LogP contribution in [0.4, 0.5) is 0 Å². The molecule has 0 rings (SSSR count). The summed E-state index contributed by atoms with van der Waals surface area (Å²) in [4.78, 5) is 0. The van der Waals surface area contributed by atoms with E-state index in [2.05, 4.69) is 510 Å². The lowest BCUT2D eigenvalue weighted by atomic mass is 10.4. The van der Waals surface area contributed by atoms with E-state index in [4.69, 9.17) is 6.42 Å². The molecule has 0 spiro atoms. The van der Waals surface area contributed by atoms with Crippen molar-refractivity contribution in [3.8, 4) is 510 Å². The van der Waals surface area contributed by atoms with Gasteiger partial charge in [0.1, 0.15) is 0 Å². The van der Waals surface area contributed by atoms with Gasteiger partial charge in [-0.2, -0.15) is 6.92 Å². The van der Waals surface area contributed by atoms with Crippen molar-refractivity contribution in [1.29, 1.82) is 0 Å². The highest BCUT2D eigenvalue weighted by Gasteiger charge is 1.65. The Balaban J connectivity index is 4.62. The van der Waals surface area contributed by atoms with Crippen molar-refractivity contribution in [2.45, 2.75) is 0 Å². The Labute approximate surface area is 513 Å². The molecule has 0 saturated carbocycles. The standard InChI is InChI=1S/C87H3/c1-3-5-7-9-11-13-15-17-19-21-23-25-27-29-31-33-35-37-39-41-43-45-47-49-51-53-55-57-59-61-63-65-67-69-71-73-75-77-79-81-83-85-87-86-84-82-80-78-76-74-72-70-68-66-64-62-60-58-56-54-52-50-48-46-44-42-40-38-36-34-32-30-28-26-24-22-20-18-16-14-12-10-8-6-4-2/h1H,2H2/q-1. The van der Waals surface area contributed by atoms with Crippen molar-refractivity contribution in [2.24, 2.45) is 0 Å². The van der Waals surface area contributed by atoms with E-state index in [9.17, 15) is 0 Å². The van der Waals surface area contributed by atoms with E-state index < -0.39 is 0 Å². The Morgan fingerprint density at radius 2 is 0.149 bits per heavy atom. The second kappa shape index (κ2) is 66.9. The number of hydrogen-bond acceptors (Lipinski definition) is 0. The summed E-state index contributed by atoms with van der Waals surface area (Å²) < 4.78 is 0. The molecule has 0 aliphatic carbocycles. The van der Waals surface area contributed by atoms with Crippen molar-refractivity contribution < 1.29 is 0 Å². The van der Waals surface area contributed by atoms with Crippen LogP contribution in [0.25, 0.3) is 0 Å². The molecule has 0 aliphatic rings. The minimum absolute atomic E-state index is 2.12. The lowest BCUT2D eigenvalue weighted by molar-refractivity contribution is 2.31. The lowest BCUT2D eigenvalue weighted by Crippen LogP contribution is -1.57. The van der Waals surface area contributed by atoms with Gasteiger partial charge in [0.25, 0.3) is 0 Å². The third kappa shape index (κ3) is 66.9. The molecular formula is C87H3-. The van der Waals surface area contributed by atoms with Crippen LogP contribution in [0.5, 0.6) is 0 Å². The zero-order valence-corrected chi connectivity index (χ0v) is 43.8. The summed E-state index contributed by atoms with van der Waals surface area (Å²) in [6, 6.07) is 0.